The number of aryl methyl sites for hydroxylation is 2. The second kappa shape index (κ2) is 7.59. The number of carbonyl (C=O) groups is 1. The maximum absolute atomic E-state index is 11.8. The van der Waals surface area contributed by atoms with E-state index in [-0.39, 0.29) is 12.6 Å². The molecule has 6 heteroatoms. The number of fused-ring (bicyclic) bond motifs is 1. The van der Waals surface area contributed by atoms with Crippen LogP contribution < -0.4 is 5.32 Å². The minimum absolute atomic E-state index is 0.000457. The first-order chi connectivity index (χ1) is 9.74. The van der Waals surface area contributed by atoms with Gasteiger partial charge in [-0.15, -0.1) is 11.3 Å². The van der Waals surface area contributed by atoms with E-state index >= 15 is 0 Å². The average molecular weight is 297 g/mol. The summed E-state index contributed by atoms with van der Waals surface area (Å²) in [5.41, 5.74) is 1.28. The molecule has 2 rings (SSSR count). The van der Waals surface area contributed by atoms with Crippen molar-refractivity contribution in [3.05, 3.63) is 15.6 Å². The Morgan fingerprint density at radius 2 is 2.25 bits per heavy atom. The summed E-state index contributed by atoms with van der Waals surface area (Å²) in [7, 11) is 0. The molecule has 1 aliphatic carbocycles. The molecule has 2 N–H and O–H groups in total. The van der Waals surface area contributed by atoms with Gasteiger partial charge in [-0.25, -0.2) is 9.78 Å². The Labute approximate surface area is 124 Å². The van der Waals surface area contributed by atoms with E-state index in [4.69, 9.17) is 5.11 Å². The van der Waals surface area contributed by atoms with Gasteiger partial charge in [0.15, 0.2) is 0 Å². The summed E-state index contributed by atoms with van der Waals surface area (Å²) in [5.74, 6) is 0. The van der Waals surface area contributed by atoms with Crippen LogP contribution in [0, 0.1) is 0 Å². The van der Waals surface area contributed by atoms with Crippen LogP contribution in [-0.2, 0) is 19.3 Å². The van der Waals surface area contributed by atoms with Gasteiger partial charge >= 0.3 is 6.03 Å². The SMILES string of the molecule is CCN(CCO)C(=O)NCCc1nc2c(s1)CCCC2. The van der Waals surface area contributed by atoms with Crippen molar-refractivity contribution in [1.29, 1.82) is 0 Å². The third kappa shape index (κ3) is 3.93. The third-order valence-corrected chi connectivity index (χ3v) is 4.76. The van der Waals surface area contributed by atoms with Crippen LogP contribution in [0.3, 0.4) is 0 Å². The Bertz CT molecular complexity index is 424. The number of aromatic nitrogens is 1. The second-order valence-electron chi connectivity index (χ2n) is 4.97. The Morgan fingerprint density at radius 1 is 1.45 bits per heavy atom. The molecule has 1 aromatic heterocycles. The number of nitrogens with one attached hydrogen (secondary N) is 1. The molecule has 0 fully saturated rings. The Hall–Kier alpha value is -1.14. The highest BCUT2D eigenvalue weighted by molar-refractivity contribution is 7.11. The van der Waals surface area contributed by atoms with Crippen LogP contribution in [0.25, 0.3) is 0 Å². The summed E-state index contributed by atoms with van der Waals surface area (Å²) in [6.07, 6.45) is 5.59. The van der Waals surface area contributed by atoms with E-state index in [1.807, 2.05) is 6.92 Å². The summed E-state index contributed by atoms with van der Waals surface area (Å²) in [5, 5.41) is 12.9. The van der Waals surface area contributed by atoms with Crippen molar-refractivity contribution in [2.75, 3.05) is 26.2 Å². The van der Waals surface area contributed by atoms with Gasteiger partial charge in [-0.05, 0) is 32.6 Å². The van der Waals surface area contributed by atoms with E-state index in [1.165, 1.54) is 29.8 Å². The van der Waals surface area contributed by atoms with Gasteiger partial charge in [-0.1, -0.05) is 0 Å². The molecule has 0 bridgehead atoms. The highest BCUT2D eigenvalue weighted by Gasteiger charge is 2.15. The van der Waals surface area contributed by atoms with Crippen molar-refractivity contribution in [2.24, 2.45) is 0 Å². The molecule has 1 heterocycles. The zero-order valence-corrected chi connectivity index (χ0v) is 12.8. The highest BCUT2D eigenvalue weighted by atomic mass is 32.1. The van der Waals surface area contributed by atoms with Crippen molar-refractivity contribution in [2.45, 2.75) is 39.0 Å². The van der Waals surface area contributed by atoms with Gasteiger partial charge in [0, 0.05) is 30.9 Å². The molecule has 0 saturated carbocycles. The molecule has 112 valence electrons. The molecule has 5 nitrogen and oxygen atoms in total. The zero-order valence-electron chi connectivity index (χ0n) is 12.0. The van der Waals surface area contributed by atoms with Crippen molar-refractivity contribution in [3.63, 3.8) is 0 Å². The zero-order chi connectivity index (χ0) is 14.4. The minimum Gasteiger partial charge on any atom is -0.395 e. The predicted molar refractivity (Wildman–Crippen MR) is 80.2 cm³/mol. The normalized spacial score (nSPS) is 13.9. The van der Waals surface area contributed by atoms with Crippen LogP contribution >= 0.6 is 11.3 Å². The number of aliphatic hydroxyl groups is 1. The number of likely N-dealkylation sites (N-methyl/N-ethyl adjacent to an activating group) is 1. The quantitative estimate of drug-likeness (QED) is 0.838. The van der Waals surface area contributed by atoms with E-state index in [2.05, 4.69) is 10.3 Å². The van der Waals surface area contributed by atoms with E-state index in [0.29, 0.717) is 19.6 Å². The first kappa shape index (κ1) is 15.3. The predicted octanol–water partition coefficient (Wildman–Crippen LogP) is 1.59. The molecule has 0 spiro atoms. The molecule has 0 unspecified atom stereocenters. The fourth-order valence-corrected chi connectivity index (χ4v) is 3.58. The maximum atomic E-state index is 11.8. The van der Waals surface area contributed by atoms with Gasteiger partial charge < -0.3 is 15.3 Å². The largest absolute Gasteiger partial charge is 0.395 e. The highest BCUT2D eigenvalue weighted by Crippen LogP contribution is 2.26. The fraction of sp³-hybridized carbons (Fsp3) is 0.714. The number of aliphatic hydroxyl groups excluding tert-OH is 1. The molecule has 1 aliphatic rings. The van der Waals surface area contributed by atoms with E-state index in [0.717, 1.165) is 17.8 Å². The molecule has 0 atom stereocenters. The molecule has 2 amide bonds. The van der Waals surface area contributed by atoms with Crippen LogP contribution in [0.1, 0.15) is 35.3 Å². The third-order valence-electron chi connectivity index (χ3n) is 3.54. The number of carbonyl (C=O) groups excluding carboxylic acids is 1. The van der Waals surface area contributed by atoms with Crippen molar-refractivity contribution in [3.8, 4) is 0 Å². The standard InChI is InChI=1S/C14H23N3O2S/c1-2-17(9-10-18)14(19)15-8-7-13-16-11-5-3-4-6-12(11)20-13/h18H,2-10H2,1H3,(H,15,19). The maximum Gasteiger partial charge on any atom is 0.317 e. The Morgan fingerprint density at radius 3 is 2.95 bits per heavy atom. The van der Waals surface area contributed by atoms with Gasteiger partial charge in [0.2, 0.25) is 0 Å². The van der Waals surface area contributed by atoms with Crippen LogP contribution in [0.4, 0.5) is 4.79 Å². The van der Waals surface area contributed by atoms with E-state index in [9.17, 15) is 4.79 Å². The lowest BCUT2D eigenvalue weighted by molar-refractivity contribution is 0.180. The number of hydrogen-bond donors (Lipinski definition) is 2. The van der Waals surface area contributed by atoms with Crippen LogP contribution in [0.2, 0.25) is 0 Å². The fourth-order valence-electron chi connectivity index (χ4n) is 2.42. The number of nitrogens with zero attached hydrogens (tertiary/aromatic N) is 2. The Balaban J connectivity index is 1.77. The molecule has 1 aromatic rings. The molecule has 20 heavy (non-hydrogen) atoms. The summed E-state index contributed by atoms with van der Waals surface area (Å²) in [6.45, 7) is 3.50. The van der Waals surface area contributed by atoms with Crippen molar-refractivity contribution in [1.82, 2.24) is 15.2 Å². The molecule has 0 radical (unpaired) electrons. The second-order valence-corrected chi connectivity index (χ2v) is 6.14. The summed E-state index contributed by atoms with van der Waals surface area (Å²) < 4.78 is 0. The summed E-state index contributed by atoms with van der Waals surface area (Å²) in [6, 6.07) is -0.108. The molecular formula is C14H23N3O2S. The van der Waals surface area contributed by atoms with Crippen LogP contribution in [-0.4, -0.2) is 47.3 Å². The average Bonchev–Trinajstić information content (AvgIpc) is 2.87. The lowest BCUT2D eigenvalue weighted by Crippen LogP contribution is -2.42. The summed E-state index contributed by atoms with van der Waals surface area (Å²) >= 11 is 1.80. The van der Waals surface area contributed by atoms with Crippen LogP contribution in [0.15, 0.2) is 0 Å². The smallest absolute Gasteiger partial charge is 0.317 e. The van der Waals surface area contributed by atoms with E-state index < -0.39 is 0 Å². The lowest BCUT2D eigenvalue weighted by atomic mass is 10.0. The van der Waals surface area contributed by atoms with Gasteiger partial charge in [0.05, 0.1) is 17.3 Å². The van der Waals surface area contributed by atoms with E-state index in [1.54, 1.807) is 16.2 Å². The first-order valence-electron chi connectivity index (χ1n) is 7.35. The molecular weight excluding hydrogens is 274 g/mol. The van der Waals surface area contributed by atoms with Gasteiger partial charge in [-0.2, -0.15) is 0 Å². The van der Waals surface area contributed by atoms with Crippen molar-refractivity contribution < 1.29 is 9.90 Å². The monoisotopic (exact) mass is 297 g/mol. The Kier molecular flexibility index (Phi) is 5.79. The number of amides is 2. The first-order valence-corrected chi connectivity index (χ1v) is 8.17. The number of rotatable bonds is 6. The number of thiazole rings is 1. The van der Waals surface area contributed by atoms with Gasteiger partial charge in [-0.3, -0.25) is 0 Å². The summed E-state index contributed by atoms with van der Waals surface area (Å²) in [4.78, 5) is 19.5. The topological polar surface area (TPSA) is 65.5 Å². The minimum atomic E-state index is -0.108. The van der Waals surface area contributed by atoms with Crippen LogP contribution in [0.5, 0.6) is 0 Å². The molecule has 0 aromatic carbocycles. The number of hydrogen-bond acceptors (Lipinski definition) is 4. The van der Waals surface area contributed by atoms with Crippen molar-refractivity contribution >= 4 is 17.4 Å². The van der Waals surface area contributed by atoms with Gasteiger partial charge in [0.25, 0.3) is 0 Å². The lowest BCUT2D eigenvalue weighted by Gasteiger charge is -2.19. The number of urea groups is 1. The molecule has 0 saturated heterocycles. The van der Waals surface area contributed by atoms with Gasteiger partial charge in [0.1, 0.15) is 0 Å². The molecule has 0 aliphatic heterocycles.